The highest BCUT2D eigenvalue weighted by Crippen LogP contribution is 2.38. The fraction of sp³-hybridized carbons (Fsp3) is 0.207. The third-order valence-corrected chi connectivity index (χ3v) is 7.07. The summed E-state index contributed by atoms with van der Waals surface area (Å²) in [6.07, 6.45) is 3.95. The number of hydrogen-bond donors (Lipinski definition) is 3. The van der Waals surface area contributed by atoms with Gasteiger partial charge in [0.2, 0.25) is 0 Å². The fourth-order valence-corrected chi connectivity index (χ4v) is 4.97. The molecule has 7 nitrogen and oxygen atoms in total. The number of rotatable bonds is 6. The third kappa shape index (κ3) is 5.40. The summed E-state index contributed by atoms with van der Waals surface area (Å²) in [5.74, 6) is -0.696. The molecule has 2 amide bonds. The van der Waals surface area contributed by atoms with Gasteiger partial charge in [-0.25, -0.2) is 9.18 Å². The molecular weight excluding hydrogens is 507 g/mol. The van der Waals surface area contributed by atoms with Crippen molar-refractivity contribution in [3.8, 4) is 17.0 Å². The first-order valence-corrected chi connectivity index (χ1v) is 12.8. The van der Waals surface area contributed by atoms with Crippen LogP contribution in [0, 0.1) is 5.82 Å². The van der Waals surface area contributed by atoms with Crippen molar-refractivity contribution in [3.05, 3.63) is 100 Å². The largest absolute Gasteiger partial charge is 0.507 e. The number of amides is 2. The van der Waals surface area contributed by atoms with Crippen molar-refractivity contribution in [3.63, 3.8) is 0 Å². The van der Waals surface area contributed by atoms with E-state index in [1.54, 1.807) is 60.7 Å². The first-order valence-electron chi connectivity index (χ1n) is 12.4. The second-order valence-electron chi connectivity index (χ2n) is 9.26. The Hall–Kier alpha value is -4.17. The van der Waals surface area contributed by atoms with Gasteiger partial charge < -0.3 is 15.7 Å². The number of aromatic nitrogens is 2. The first kappa shape index (κ1) is 25.5. The van der Waals surface area contributed by atoms with Crippen LogP contribution in [0.15, 0.2) is 72.8 Å². The molecule has 1 aliphatic carbocycles. The molecule has 38 heavy (non-hydrogen) atoms. The summed E-state index contributed by atoms with van der Waals surface area (Å²) in [5, 5.41) is 21.0. The molecule has 0 unspecified atom stereocenters. The Morgan fingerprint density at radius 3 is 2.53 bits per heavy atom. The number of nitrogens with zero attached hydrogens (tertiary/aromatic N) is 2. The normalized spacial score (nSPS) is 13.4. The molecule has 0 aliphatic heterocycles. The van der Waals surface area contributed by atoms with Crippen molar-refractivity contribution >= 4 is 29.2 Å². The summed E-state index contributed by atoms with van der Waals surface area (Å²) in [4.78, 5) is 25.9. The molecule has 0 atom stereocenters. The van der Waals surface area contributed by atoms with Crippen LogP contribution in [0.25, 0.3) is 11.3 Å². The van der Waals surface area contributed by atoms with E-state index in [4.69, 9.17) is 11.6 Å². The smallest absolute Gasteiger partial charge is 0.342 e. The van der Waals surface area contributed by atoms with Gasteiger partial charge in [-0.05, 0) is 55.3 Å². The van der Waals surface area contributed by atoms with Crippen molar-refractivity contribution in [2.24, 2.45) is 0 Å². The van der Waals surface area contributed by atoms with E-state index in [9.17, 15) is 19.1 Å². The van der Waals surface area contributed by atoms with Gasteiger partial charge in [0.05, 0.1) is 22.0 Å². The average molecular weight is 533 g/mol. The van der Waals surface area contributed by atoms with Gasteiger partial charge in [-0.15, -0.1) is 0 Å². The van der Waals surface area contributed by atoms with Gasteiger partial charge in [0, 0.05) is 29.3 Å². The number of phenols is 1. The molecule has 1 aliphatic rings. The highest BCUT2D eigenvalue weighted by molar-refractivity contribution is 6.34. The Bertz CT molecular complexity index is 1500. The maximum atomic E-state index is 14.1. The standard InChI is InChI=1S/C29H26ClFN4O3/c30-23-11-5-4-10-21(23)28(37)33-20-13-14-27(36)22(15-20)25-16-26(18-7-1-2-8-18)35(34-25)29(38)32-17-19-9-3-6-12-24(19)31/h3-6,9-16,18,36H,1-2,7-8,17H2,(H,32,38)(H,33,37). The van der Waals surface area contributed by atoms with E-state index in [1.807, 2.05) is 0 Å². The van der Waals surface area contributed by atoms with Crippen LogP contribution in [0.2, 0.25) is 5.02 Å². The molecule has 4 aromatic rings. The minimum Gasteiger partial charge on any atom is -0.507 e. The van der Waals surface area contributed by atoms with Crippen LogP contribution in [0.3, 0.4) is 0 Å². The molecule has 1 aromatic heterocycles. The van der Waals surface area contributed by atoms with Crippen LogP contribution in [0.5, 0.6) is 5.75 Å². The third-order valence-electron chi connectivity index (χ3n) is 6.74. The van der Waals surface area contributed by atoms with Gasteiger partial charge in [0.15, 0.2) is 0 Å². The van der Waals surface area contributed by atoms with Gasteiger partial charge in [0.25, 0.3) is 5.91 Å². The summed E-state index contributed by atoms with van der Waals surface area (Å²) in [7, 11) is 0. The molecule has 0 radical (unpaired) electrons. The molecular formula is C29H26ClFN4O3. The summed E-state index contributed by atoms with van der Waals surface area (Å²) >= 11 is 6.15. The van der Waals surface area contributed by atoms with Crippen LogP contribution in [0.4, 0.5) is 14.9 Å². The average Bonchev–Trinajstić information content (AvgIpc) is 3.60. The lowest BCUT2D eigenvalue weighted by atomic mass is 10.0. The zero-order valence-corrected chi connectivity index (χ0v) is 21.2. The topological polar surface area (TPSA) is 96.2 Å². The molecule has 3 N–H and O–H groups in total. The van der Waals surface area contributed by atoms with E-state index in [1.165, 1.54) is 16.8 Å². The number of aromatic hydroxyl groups is 1. The second-order valence-corrected chi connectivity index (χ2v) is 9.67. The van der Waals surface area contributed by atoms with Gasteiger partial charge in [-0.1, -0.05) is 54.8 Å². The number of benzene rings is 3. The van der Waals surface area contributed by atoms with Crippen LogP contribution in [0.1, 0.15) is 53.2 Å². The van der Waals surface area contributed by atoms with E-state index < -0.39 is 17.8 Å². The lowest BCUT2D eigenvalue weighted by molar-refractivity contribution is 0.102. The van der Waals surface area contributed by atoms with E-state index in [-0.39, 0.29) is 18.2 Å². The Balaban J connectivity index is 1.43. The second kappa shape index (κ2) is 11.1. The quantitative estimate of drug-likeness (QED) is 0.240. The molecule has 0 bridgehead atoms. The molecule has 5 rings (SSSR count). The Labute approximate surface area is 224 Å². The van der Waals surface area contributed by atoms with Crippen LogP contribution in [-0.4, -0.2) is 26.8 Å². The number of carbonyl (C=O) groups is 2. The zero-order valence-electron chi connectivity index (χ0n) is 20.5. The van der Waals surface area contributed by atoms with Crippen molar-refractivity contribution in [1.29, 1.82) is 0 Å². The van der Waals surface area contributed by atoms with Crippen LogP contribution >= 0.6 is 11.6 Å². The molecule has 9 heteroatoms. The summed E-state index contributed by atoms with van der Waals surface area (Å²) in [6.45, 7) is 0.0135. The minimum atomic E-state index is -0.482. The van der Waals surface area contributed by atoms with Crippen LogP contribution in [-0.2, 0) is 6.54 Å². The monoisotopic (exact) mass is 532 g/mol. The van der Waals surface area contributed by atoms with E-state index in [0.29, 0.717) is 33.1 Å². The highest BCUT2D eigenvalue weighted by atomic mass is 35.5. The predicted molar refractivity (Wildman–Crippen MR) is 144 cm³/mol. The Morgan fingerprint density at radius 2 is 1.76 bits per heavy atom. The van der Waals surface area contributed by atoms with Crippen LogP contribution < -0.4 is 10.6 Å². The van der Waals surface area contributed by atoms with Gasteiger partial charge in [0.1, 0.15) is 11.6 Å². The zero-order chi connectivity index (χ0) is 26.6. The van der Waals surface area contributed by atoms with E-state index >= 15 is 0 Å². The number of hydrogen-bond acceptors (Lipinski definition) is 4. The molecule has 194 valence electrons. The summed E-state index contributed by atoms with van der Waals surface area (Å²) < 4.78 is 15.4. The minimum absolute atomic E-state index is 0.0135. The molecule has 3 aromatic carbocycles. The number of halogens is 2. The Morgan fingerprint density at radius 1 is 1.03 bits per heavy atom. The van der Waals surface area contributed by atoms with Gasteiger partial charge in [-0.3, -0.25) is 4.79 Å². The van der Waals surface area contributed by atoms with Crippen molar-refractivity contribution in [1.82, 2.24) is 15.1 Å². The number of phenolic OH excluding ortho intramolecular Hbond substituents is 1. The van der Waals surface area contributed by atoms with Crippen molar-refractivity contribution < 1.29 is 19.1 Å². The molecule has 0 spiro atoms. The molecule has 0 saturated heterocycles. The lowest BCUT2D eigenvalue weighted by Gasteiger charge is -2.12. The lowest BCUT2D eigenvalue weighted by Crippen LogP contribution is -2.31. The number of carbonyl (C=O) groups excluding carboxylic acids is 2. The predicted octanol–water partition coefficient (Wildman–Crippen LogP) is 6.72. The van der Waals surface area contributed by atoms with E-state index in [0.717, 1.165) is 31.4 Å². The Kier molecular flexibility index (Phi) is 7.42. The van der Waals surface area contributed by atoms with Gasteiger partial charge >= 0.3 is 6.03 Å². The fourth-order valence-electron chi connectivity index (χ4n) is 4.75. The SMILES string of the molecule is O=C(Nc1ccc(O)c(-c2cc(C3CCCC3)n(C(=O)NCc3ccccc3F)n2)c1)c1ccccc1Cl. The van der Waals surface area contributed by atoms with Gasteiger partial charge in [-0.2, -0.15) is 9.78 Å². The highest BCUT2D eigenvalue weighted by Gasteiger charge is 2.26. The summed E-state index contributed by atoms with van der Waals surface area (Å²) in [5.41, 5.74) is 2.61. The van der Waals surface area contributed by atoms with Crippen molar-refractivity contribution in [2.45, 2.75) is 38.1 Å². The maximum absolute atomic E-state index is 14.1. The summed E-state index contributed by atoms with van der Waals surface area (Å²) in [6, 6.07) is 18.9. The first-order chi connectivity index (χ1) is 18.4. The molecule has 1 saturated carbocycles. The number of anilines is 1. The molecule has 1 heterocycles. The molecule has 1 fully saturated rings. The van der Waals surface area contributed by atoms with Crippen molar-refractivity contribution in [2.75, 3.05) is 5.32 Å². The number of nitrogens with one attached hydrogen (secondary N) is 2. The van der Waals surface area contributed by atoms with E-state index in [2.05, 4.69) is 15.7 Å². The maximum Gasteiger partial charge on any atom is 0.342 e.